The topological polar surface area (TPSA) is 68.3 Å². The van der Waals surface area contributed by atoms with E-state index in [2.05, 4.69) is 39.3 Å². The van der Waals surface area contributed by atoms with Crippen molar-refractivity contribution < 1.29 is 14.3 Å². The molecule has 4 aromatic rings. The maximum absolute atomic E-state index is 12.6. The number of thiazole rings is 1. The fourth-order valence-electron chi connectivity index (χ4n) is 3.51. The van der Waals surface area contributed by atoms with Gasteiger partial charge in [0.25, 0.3) is 5.91 Å². The number of carbonyl (C=O) groups excluding carboxylic acids is 2. The lowest BCUT2D eigenvalue weighted by Crippen LogP contribution is -2.12. The Kier molecular flexibility index (Phi) is 3.74. The summed E-state index contributed by atoms with van der Waals surface area (Å²) in [5.74, 6) is -0.702. The Morgan fingerprint density at radius 3 is 2.32 bits per heavy atom. The summed E-state index contributed by atoms with van der Waals surface area (Å²) in [5, 5.41) is 5.83. The standard InChI is InChI=1S/C22H14N2O3S/c1-27-21(26)14-10-8-13(9-11-14)20(25)24-22-23-18-15-6-2-4-12-5-3-7-16(17(12)15)19(18)28-22/h2-11H,1H3,(H,23,24,25). The molecule has 0 unspecified atom stereocenters. The predicted molar refractivity (Wildman–Crippen MR) is 110 cm³/mol. The van der Waals surface area contributed by atoms with Crippen molar-refractivity contribution in [3.05, 3.63) is 71.8 Å². The molecule has 0 saturated carbocycles. The van der Waals surface area contributed by atoms with Gasteiger partial charge in [0.2, 0.25) is 0 Å². The molecule has 1 aromatic heterocycles. The number of methoxy groups -OCH3 is 1. The summed E-state index contributed by atoms with van der Waals surface area (Å²) in [6, 6.07) is 18.7. The number of nitrogens with zero attached hydrogens (tertiary/aromatic N) is 1. The van der Waals surface area contributed by atoms with Gasteiger partial charge in [0.1, 0.15) is 0 Å². The Bertz CT molecular complexity index is 1200. The number of amides is 1. The third-order valence-electron chi connectivity index (χ3n) is 4.82. The maximum atomic E-state index is 12.6. The van der Waals surface area contributed by atoms with Gasteiger partial charge in [0.05, 0.1) is 23.2 Å². The van der Waals surface area contributed by atoms with E-state index in [4.69, 9.17) is 0 Å². The van der Waals surface area contributed by atoms with Crippen LogP contribution in [0.4, 0.5) is 5.13 Å². The van der Waals surface area contributed by atoms with Crippen LogP contribution in [0.2, 0.25) is 0 Å². The molecule has 1 heterocycles. The zero-order chi connectivity index (χ0) is 19.3. The summed E-state index contributed by atoms with van der Waals surface area (Å²) in [7, 11) is 1.32. The Morgan fingerprint density at radius 1 is 0.929 bits per heavy atom. The van der Waals surface area contributed by atoms with Crippen LogP contribution in [0.25, 0.3) is 32.5 Å². The van der Waals surface area contributed by atoms with Gasteiger partial charge in [-0.25, -0.2) is 9.78 Å². The van der Waals surface area contributed by atoms with Crippen molar-refractivity contribution in [3.63, 3.8) is 0 Å². The van der Waals surface area contributed by atoms with Crippen molar-refractivity contribution in [1.29, 1.82) is 0 Å². The molecule has 1 N–H and O–H groups in total. The highest BCUT2D eigenvalue weighted by molar-refractivity contribution is 7.20. The van der Waals surface area contributed by atoms with Gasteiger partial charge in [-0.3, -0.25) is 10.1 Å². The summed E-state index contributed by atoms with van der Waals surface area (Å²) in [6.45, 7) is 0. The minimum Gasteiger partial charge on any atom is -0.465 e. The van der Waals surface area contributed by atoms with Gasteiger partial charge in [0.15, 0.2) is 5.13 Å². The molecule has 1 amide bonds. The summed E-state index contributed by atoms with van der Waals surface area (Å²) in [6.07, 6.45) is 0. The number of hydrogen-bond acceptors (Lipinski definition) is 5. The van der Waals surface area contributed by atoms with Gasteiger partial charge in [0, 0.05) is 16.7 Å². The number of nitrogens with one attached hydrogen (secondary N) is 1. The molecule has 1 aliphatic carbocycles. The highest BCUT2D eigenvalue weighted by Gasteiger charge is 2.26. The molecule has 0 radical (unpaired) electrons. The van der Waals surface area contributed by atoms with Crippen LogP contribution in [0.15, 0.2) is 60.7 Å². The van der Waals surface area contributed by atoms with Crippen LogP contribution in [0.3, 0.4) is 0 Å². The highest BCUT2D eigenvalue weighted by atomic mass is 32.1. The van der Waals surface area contributed by atoms with Crippen molar-refractivity contribution in [1.82, 2.24) is 4.98 Å². The van der Waals surface area contributed by atoms with Crippen LogP contribution in [0, 0.1) is 0 Å². The fraction of sp³-hybridized carbons (Fsp3) is 0.0455. The molecular formula is C22H14N2O3S. The third kappa shape index (κ3) is 2.50. The first kappa shape index (κ1) is 16.6. The zero-order valence-corrected chi connectivity index (χ0v) is 15.7. The number of esters is 1. The fourth-order valence-corrected chi connectivity index (χ4v) is 4.52. The Labute approximate surface area is 164 Å². The molecule has 3 aromatic carbocycles. The van der Waals surface area contributed by atoms with E-state index in [1.165, 1.54) is 29.2 Å². The van der Waals surface area contributed by atoms with Gasteiger partial charge in [-0.15, -0.1) is 0 Å². The van der Waals surface area contributed by atoms with Crippen LogP contribution >= 0.6 is 11.3 Å². The van der Waals surface area contributed by atoms with E-state index in [1.807, 2.05) is 12.1 Å². The van der Waals surface area contributed by atoms with E-state index in [-0.39, 0.29) is 5.91 Å². The number of rotatable bonds is 3. The van der Waals surface area contributed by atoms with Crippen molar-refractivity contribution in [2.75, 3.05) is 12.4 Å². The average molecular weight is 386 g/mol. The van der Waals surface area contributed by atoms with Gasteiger partial charge in [-0.1, -0.05) is 47.7 Å². The number of aromatic nitrogens is 1. The third-order valence-corrected chi connectivity index (χ3v) is 5.82. The second-order valence-corrected chi connectivity index (χ2v) is 7.43. The van der Waals surface area contributed by atoms with Crippen molar-refractivity contribution in [2.45, 2.75) is 0 Å². The number of fused-ring (bicyclic) bond motifs is 3. The average Bonchev–Trinajstić information content (AvgIpc) is 3.27. The number of hydrogen-bond donors (Lipinski definition) is 1. The highest BCUT2D eigenvalue weighted by Crippen LogP contribution is 2.50. The maximum Gasteiger partial charge on any atom is 0.337 e. The van der Waals surface area contributed by atoms with E-state index >= 15 is 0 Å². The SMILES string of the molecule is COC(=O)c1ccc(C(=O)Nc2nc3c(s2)-c2cccc4cccc-3c24)cc1. The molecule has 0 atom stereocenters. The second kappa shape index (κ2) is 6.28. The molecule has 5 rings (SSSR count). The van der Waals surface area contributed by atoms with Gasteiger partial charge in [-0.2, -0.15) is 0 Å². The van der Waals surface area contributed by atoms with Crippen LogP contribution in [-0.2, 0) is 4.74 Å². The molecule has 5 nitrogen and oxygen atoms in total. The van der Waals surface area contributed by atoms with E-state index in [0.29, 0.717) is 16.3 Å². The Hall–Kier alpha value is -3.51. The van der Waals surface area contributed by atoms with Crippen LogP contribution in [0.1, 0.15) is 20.7 Å². The number of benzene rings is 3. The molecule has 28 heavy (non-hydrogen) atoms. The lowest BCUT2D eigenvalue weighted by Gasteiger charge is -2.04. The van der Waals surface area contributed by atoms with E-state index in [1.54, 1.807) is 24.3 Å². The van der Waals surface area contributed by atoms with Gasteiger partial charge in [-0.05, 0) is 35.0 Å². The molecule has 0 fully saturated rings. The molecule has 0 aliphatic heterocycles. The number of anilines is 1. The first-order chi connectivity index (χ1) is 13.7. The molecular weight excluding hydrogens is 372 g/mol. The summed E-state index contributed by atoms with van der Waals surface area (Å²) >= 11 is 1.47. The number of carbonyl (C=O) groups is 2. The molecule has 0 spiro atoms. The summed E-state index contributed by atoms with van der Waals surface area (Å²) in [4.78, 5) is 29.8. The first-order valence-electron chi connectivity index (χ1n) is 8.69. The first-order valence-corrected chi connectivity index (χ1v) is 9.50. The van der Waals surface area contributed by atoms with Crippen molar-refractivity contribution in [3.8, 4) is 21.7 Å². The van der Waals surface area contributed by atoms with Crippen molar-refractivity contribution in [2.24, 2.45) is 0 Å². The van der Waals surface area contributed by atoms with Crippen LogP contribution in [-0.4, -0.2) is 24.0 Å². The van der Waals surface area contributed by atoms with E-state index in [0.717, 1.165) is 21.7 Å². The zero-order valence-electron chi connectivity index (χ0n) is 14.9. The lowest BCUT2D eigenvalue weighted by molar-refractivity contribution is 0.0600. The molecule has 1 aliphatic rings. The molecule has 0 bridgehead atoms. The minimum atomic E-state index is -0.434. The summed E-state index contributed by atoms with van der Waals surface area (Å²) < 4.78 is 4.67. The summed E-state index contributed by atoms with van der Waals surface area (Å²) in [5.41, 5.74) is 4.02. The largest absolute Gasteiger partial charge is 0.465 e. The molecule has 136 valence electrons. The number of ether oxygens (including phenoxy) is 1. The minimum absolute atomic E-state index is 0.268. The van der Waals surface area contributed by atoms with Crippen molar-refractivity contribution >= 4 is 39.1 Å². The lowest BCUT2D eigenvalue weighted by atomic mass is 10.0. The molecule has 6 heteroatoms. The van der Waals surface area contributed by atoms with Gasteiger partial charge < -0.3 is 4.74 Å². The normalized spacial score (nSPS) is 11.3. The Balaban J connectivity index is 1.44. The predicted octanol–water partition coefficient (Wildman–Crippen LogP) is 4.98. The van der Waals surface area contributed by atoms with Crippen LogP contribution in [0.5, 0.6) is 0 Å². The molecule has 0 saturated heterocycles. The van der Waals surface area contributed by atoms with E-state index < -0.39 is 5.97 Å². The van der Waals surface area contributed by atoms with Crippen LogP contribution < -0.4 is 5.32 Å². The van der Waals surface area contributed by atoms with E-state index in [9.17, 15) is 9.59 Å². The second-order valence-electron chi connectivity index (χ2n) is 6.43. The quantitative estimate of drug-likeness (QED) is 0.444. The Morgan fingerprint density at radius 2 is 1.61 bits per heavy atom. The van der Waals surface area contributed by atoms with Gasteiger partial charge >= 0.3 is 5.97 Å². The monoisotopic (exact) mass is 386 g/mol. The smallest absolute Gasteiger partial charge is 0.337 e.